The molecule has 2 aliphatic rings. The Labute approximate surface area is 95.7 Å². The lowest BCUT2D eigenvalue weighted by molar-refractivity contribution is -0.286. The summed E-state index contributed by atoms with van der Waals surface area (Å²) < 4.78 is 47.8. The Morgan fingerprint density at radius 3 is 2.29 bits per heavy atom. The maximum absolute atomic E-state index is 13.7. The van der Waals surface area contributed by atoms with Gasteiger partial charge >= 0.3 is 6.29 Å². The lowest BCUT2D eigenvalue weighted by Gasteiger charge is -2.18. The molecule has 2 heterocycles. The van der Waals surface area contributed by atoms with Crippen LogP contribution in [0.5, 0.6) is 11.5 Å². The first kappa shape index (κ1) is 10.6. The largest absolute Gasteiger partial charge is 0.586 e. The van der Waals surface area contributed by atoms with E-state index < -0.39 is 12.1 Å². The minimum atomic E-state index is -3.70. The summed E-state index contributed by atoms with van der Waals surface area (Å²) in [6, 6.07) is 2.22. The third-order valence-electron chi connectivity index (χ3n) is 2.92. The number of nitrogens with zero attached hydrogens (tertiary/aromatic N) is 1. The highest BCUT2D eigenvalue weighted by atomic mass is 19.3. The first-order valence-electron chi connectivity index (χ1n) is 5.39. The van der Waals surface area contributed by atoms with Crippen molar-refractivity contribution in [3.05, 3.63) is 17.9 Å². The lowest BCUT2D eigenvalue weighted by atomic mass is 10.2. The molecule has 3 nitrogen and oxygen atoms in total. The van der Waals surface area contributed by atoms with Crippen LogP contribution in [-0.4, -0.2) is 19.4 Å². The molecule has 1 saturated heterocycles. The van der Waals surface area contributed by atoms with Crippen LogP contribution in [0.4, 0.5) is 18.9 Å². The fourth-order valence-electron chi connectivity index (χ4n) is 2.16. The molecule has 0 unspecified atom stereocenters. The van der Waals surface area contributed by atoms with E-state index in [4.69, 9.17) is 0 Å². The Bertz CT molecular complexity index is 458. The molecule has 6 heteroatoms. The van der Waals surface area contributed by atoms with Crippen molar-refractivity contribution in [2.24, 2.45) is 0 Å². The quantitative estimate of drug-likeness (QED) is 0.759. The zero-order chi connectivity index (χ0) is 12.0. The Hall–Kier alpha value is -1.59. The molecule has 1 aromatic rings. The van der Waals surface area contributed by atoms with Crippen molar-refractivity contribution in [1.82, 2.24) is 0 Å². The summed E-state index contributed by atoms with van der Waals surface area (Å²) >= 11 is 0. The molecule has 0 aromatic heterocycles. The monoisotopic (exact) mass is 245 g/mol. The van der Waals surface area contributed by atoms with Crippen LogP contribution in [0.3, 0.4) is 0 Å². The third-order valence-corrected chi connectivity index (χ3v) is 2.92. The van der Waals surface area contributed by atoms with Crippen LogP contribution in [0, 0.1) is 5.82 Å². The van der Waals surface area contributed by atoms with Gasteiger partial charge in [-0.1, -0.05) is 0 Å². The van der Waals surface area contributed by atoms with E-state index in [1.807, 2.05) is 4.90 Å². The number of benzene rings is 1. The van der Waals surface area contributed by atoms with Gasteiger partial charge in [0.05, 0.1) is 5.69 Å². The molecule has 92 valence electrons. The zero-order valence-electron chi connectivity index (χ0n) is 8.88. The van der Waals surface area contributed by atoms with E-state index in [9.17, 15) is 13.2 Å². The van der Waals surface area contributed by atoms with E-state index in [0.717, 1.165) is 32.0 Å². The molecule has 0 radical (unpaired) electrons. The second-order valence-electron chi connectivity index (χ2n) is 4.11. The molecule has 0 spiro atoms. The van der Waals surface area contributed by atoms with Crippen molar-refractivity contribution in [2.45, 2.75) is 19.1 Å². The first-order chi connectivity index (χ1) is 8.05. The van der Waals surface area contributed by atoms with Gasteiger partial charge in [-0.3, -0.25) is 0 Å². The van der Waals surface area contributed by atoms with Gasteiger partial charge in [-0.05, 0) is 12.8 Å². The van der Waals surface area contributed by atoms with Crippen LogP contribution >= 0.6 is 0 Å². The molecular formula is C11H10F3NO2. The highest BCUT2D eigenvalue weighted by Crippen LogP contribution is 2.44. The van der Waals surface area contributed by atoms with Gasteiger partial charge in [0.15, 0.2) is 11.5 Å². The van der Waals surface area contributed by atoms with Crippen LogP contribution in [0.15, 0.2) is 12.1 Å². The summed E-state index contributed by atoms with van der Waals surface area (Å²) in [4.78, 5) is 1.81. The molecule has 0 bridgehead atoms. The van der Waals surface area contributed by atoms with Crippen molar-refractivity contribution in [3.63, 3.8) is 0 Å². The van der Waals surface area contributed by atoms with Crippen molar-refractivity contribution in [3.8, 4) is 11.5 Å². The highest BCUT2D eigenvalue weighted by Gasteiger charge is 2.44. The van der Waals surface area contributed by atoms with E-state index in [1.165, 1.54) is 6.07 Å². The van der Waals surface area contributed by atoms with E-state index in [0.29, 0.717) is 5.69 Å². The maximum Gasteiger partial charge on any atom is 0.586 e. The first-order valence-corrected chi connectivity index (χ1v) is 5.39. The van der Waals surface area contributed by atoms with Gasteiger partial charge in [-0.15, -0.1) is 8.78 Å². The molecular weight excluding hydrogens is 235 g/mol. The number of hydrogen-bond acceptors (Lipinski definition) is 3. The molecule has 0 N–H and O–H groups in total. The molecule has 0 aliphatic carbocycles. The van der Waals surface area contributed by atoms with Crippen LogP contribution in [0.1, 0.15) is 12.8 Å². The molecule has 0 atom stereocenters. The van der Waals surface area contributed by atoms with Crippen LogP contribution < -0.4 is 14.4 Å². The number of rotatable bonds is 1. The SMILES string of the molecule is Fc1cc2c(cc1N1CCCC1)OC(F)(F)O2. The third kappa shape index (κ3) is 1.77. The Morgan fingerprint density at radius 1 is 1.06 bits per heavy atom. The molecule has 0 saturated carbocycles. The van der Waals surface area contributed by atoms with Crippen LogP contribution in [0.2, 0.25) is 0 Å². The molecule has 17 heavy (non-hydrogen) atoms. The van der Waals surface area contributed by atoms with Crippen molar-refractivity contribution in [1.29, 1.82) is 0 Å². The summed E-state index contributed by atoms with van der Waals surface area (Å²) in [6.07, 6.45) is -1.74. The highest BCUT2D eigenvalue weighted by molar-refractivity contribution is 5.59. The summed E-state index contributed by atoms with van der Waals surface area (Å²) in [5, 5.41) is 0. The van der Waals surface area contributed by atoms with Gasteiger partial charge in [-0.25, -0.2) is 4.39 Å². The summed E-state index contributed by atoms with van der Waals surface area (Å²) in [7, 11) is 0. The predicted molar refractivity (Wildman–Crippen MR) is 54.1 cm³/mol. The van der Waals surface area contributed by atoms with Crippen molar-refractivity contribution < 1.29 is 22.6 Å². The van der Waals surface area contributed by atoms with Gasteiger partial charge in [0.2, 0.25) is 0 Å². The molecule has 2 aliphatic heterocycles. The standard InChI is InChI=1S/C11H10F3NO2/c12-7-5-9-10(17-11(13,14)16-9)6-8(7)15-3-1-2-4-15/h5-6H,1-4H2. The van der Waals surface area contributed by atoms with Gasteiger partial charge in [0.1, 0.15) is 5.82 Å². The van der Waals surface area contributed by atoms with E-state index in [1.54, 1.807) is 0 Å². The fraction of sp³-hybridized carbons (Fsp3) is 0.455. The number of alkyl halides is 2. The summed E-state index contributed by atoms with van der Waals surface area (Å²) in [5.74, 6) is -0.930. The maximum atomic E-state index is 13.7. The van der Waals surface area contributed by atoms with E-state index in [-0.39, 0.29) is 11.5 Å². The van der Waals surface area contributed by atoms with Crippen LogP contribution in [0.25, 0.3) is 0 Å². The minimum absolute atomic E-state index is 0.113. The van der Waals surface area contributed by atoms with Gasteiger partial charge in [0.25, 0.3) is 0 Å². The van der Waals surface area contributed by atoms with E-state index >= 15 is 0 Å². The Balaban J connectivity index is 1.97. The normalized spacial score (nSPS) is 21.0. The second-order valence-corrected chi connectivity index (χ2v) is 4.11. The zero-order valence-corrected chi connectivity index (χ0v) is 8.88. The number of ether oxygens (including phenoxy) is 2. The lowest BCUT2D eigenvalue weighted by Crippen LogP contribution is -2.26. The van der Waals surface area contributed by atoms with E-state index in [2.05, 4.69) is 9.47 Å². The van der Waals surface area contributed by atoms with Crippen LogP contribution in [-0.2, 0) is 0 Å². The number of fused-ring (bicyclic) bond motifs is 1. The average Bonchev–Trinajstić information content (AvgIpc) is 2.81. The molecule has 1 fully saturated rings. The summed E-state index contributed by atoms with van der Waals surface area (Å²) in [5.41, 5.74) is 0.294. The Morgan fingerprint density at radius 2 is 1.65 bits per heavy atom. The minimum Gasteiger partial charge on any atom is -0.395 e. The fourth-order valence-corrected chi connectivity index (χ4v) is 2.16. The Kier molecular flexibility index (Phi) is 2.14. The number of anilines is 1. The summed E-state index contributed by atoms with van der Waals surface area (Å²) in [6.45, 7) is 1.46. The van der Waals surface area contributed by atoms with Gasteiger partial charge < -0.3 is 14.4 Å². The predicted octanol–water partition coefficient (Wildman–Crippen LogP) is 2.75. The number of hydrogen-bond donors (Lipinski definition) is 0. The smallest absolute Gasteiger partial charge is 0.395 e. The average molecular weight is 245 g/mol. The van der Waals surface area contributed by atoms with Crippen molar-refractivity contribution in [2.75, 3.05) is 18.0 Å². The van der Waals surface area contributed by atoms with Gasteiger partial charge in [0, 0.05) is 25.2 Å². The van der Waals surface area contributed by atoms with Crippen molar-refractivity contribution >= 4 is 5.69 Å². The molecule has 3 rings (SSSR count). The molecule has 0 amide bonds. The molecule has 1 aromatic carbocycles. The topological polar surface area (TPSA) is 21.7 Å². The number of halogens is 3. The second kappa shape index (κ2) is 3.45. The van der Waals surface area contributed by atoms with Gasteiger partial charge in [-0.2, -0.15) is 0 Å².